The zero-order chi connectivity index (χ0) is 16.3. The molecule has 11 heteroatoms. The Morgan fingerprint density at radius 2 is 1.57 bits per heavy atom. The number of amides is 2. The van der Waals surface area contributed by atoms with Crippen LogP contribution in [0.3, 0.4) is 0 Å². The summed E-state index contributed by atoms with van der Waals surface area (Å²) < 4.78 is 72.1. The molecule has 1 aliphatic rings. The van der Waals surface area contributed by atoms with E-state index in [4.69, 9.17) is 0 Å². The second kappa shape index (κ2) is 6.50. The van der Waals surface area contributed by atoms with Gasteiger partial charge < -0.3 is 16.0 Å². The number of nitrogens with one attached hydrogen (secondary N) is 3. The minimum atomic E-state index is -5.02. The minimum Gasteiger partial charge on any atom is -0.348 e. The summed E-state index contributed by atoms with van der Waals surface area (Å²) in [5, 5.41) is 6.09. The summed E-state index contributed by atoms with van der Waals surface area (Å²) in [7, 11) is 0. The van der Waals surface area contributed by atoms with Crippen molar-refractivity contribution in [3.63, 3.8) is 0 Å². The highest BCUT2D eigenvalue weighted by Crippen LogP contribution is 2.18. The van der Waals surface area contributed by atoms with Crippen molar-refractivity contribution in [2.45, 2.75) is 24.8 Å². The topological polar surface area (TPSA) is 70.2 Å². The number of halogens is 6. The Hall–Kier alpha value is -1.52. The van der Waals surface area contributed by atoms with Gasteiger partial charge >= 0.3 is 24.2 Å². The van der Waals surface area contributed by atoms with Crippen molar-refractivity contribution in [1.82, 2.24) is 16.0 Å². The molecule has 2 amide bonds. The maximum absolute atomic E-state index is 12.1. The summed E-state index contributed by atoms with van der Waals surface area (Å²) in [4.78, 5) is 21.4. The molecule has 21 heavy (non-hydrogen) atoms. The van der Waals surface area contributed by atoms with Crippen LogP contribution in [0, 0.1) is 5.92 Å². The lowest BCUT2D eigenvalue weighted by Crippen LogP contribution is -2.53. The van der Waals surface area contributed by atoms with Crippen LogP contribution >= 0.6 is 0 Å². The van der Waals surface area contributed by atoms with Gasteiger partial charge in [0.15, 0.2) is 0 Å². The summed E-state index contributed by atoms with van der Waals surface area (Å²) in [6.45, 7) is -0.0359. The highest BCUT2D eigenvalue weighted by atomic mass is 19.4. The van der Waals surface area contributed by atoms with Gasteiger partial charge in [-0.15, -0.1) is 0 Å². The smallest absolute Gasteiger partial charge is 0.348 e. The van der Waals surface area contributed by atoms with Gasteiger partial charge in [-0.25, -0.2) is 0 Å². The van der Waals surface area contributed by atoms with Gasteiger partial charge in [0.1, 0.15) is 0 Å². The lowest BCUT2D eigenvalue weighted by atomic mass is 9.95. The molecule has 0 aromatic carbocycles. The molecule has 0 bridgehead atoms. The normalized spacial score (nSPS) is 23.5. The molecule has 122 valence electrons. The van der Waals surface area contributed by atoms with Crippen LogP contribution in [0.5, 0.6) is 0 Å². The van der Waals surface area contributed by atoms with E-state index >= 15 is 0 Å². The first-order valence-corrected chi connectivity index (χ1v) is 5.93. The zero-order valence-electron chi connectivity index (χ0n) is 10.6. The molecule has 0 saturated carbocycles. The minimum absolute atomic E-state index is 0.0347. The average Bonchev–Trinajstić information content (AvgIpc) is 2.34. The van der Waals surface area contributed by atoms with Gasteiger partial charge in [0.25, 0.3) is 0 Å². The fraction of sp³-hybridized carbons (Fsp3) is 0.800. The van der Waals surface area contributed by atoms with Gasteiger partial charge in [0.2, 0.25) is 0 Å². The highest BCUT2D eigenvalue weighted by Gasteiger charge is 2.41. The van der Waals surface area contributed by atoms with Crippen LogP contribution in [-0.4, -0.2) is 49.8 Å². The van der Waals surface area contributed by atoms with E-state index in [0.29, 0.717) is 0 Å². The first-order chi connectivity index (χ1) is 9.50. The predicted molar refractivity (Wildman–Crippen MR) is 58.0 cm³/mol. The van der Waals surface area contributed by atoms with Crippen molar-refractivity contribution in [3.05, 3.63) is 0 Å². The molecule has 5 nitrogen and oxygen atoms in total. The first kappa shape index (κ1) is 17.5. The number of carbonyl (C=O) groups excluding carboxylic acids is 2. The van der Waals surface area contributed by atoms with Crippen LogP contribution < -0.4 is 16.0 Å². The summed E-state index contributed by atoms with van der Waals surface area (Å²) in [6.07, 6.45) is -9.99. The molecule has 1 saturated heterocycles. The van der Waals surface area contributed by atoms with E-state index < -0.39 is 36.1 Å². The SMILES string of the molecule is O=C(NC[C@H]1CNC[C@@H](NC(=O)C(F)(F)F)C1)C(F)(F)F. The number of carbonyl (C=O) groups is 2. The number of alkyl halides is 6. The van der Waals surface area contributed by atoms with E-state index in [0.717, 1.165) is 0 Å². The molecule has 0 aromatic rings. The van der Waals surface area contributed by atoms with Crippen LogP contribution in [0.2, 0.25) is 0 Å². The van der Waals surface area contributed by atoms with E-state index in [1.54, 1.807) is 10.6 Å². The van der Waals surface area contributed by atoms with E-state index in [1.165, 1.54) is 0 Å². The molecule has 1 rings (SSSR count). The van der Waals surface area contributed by atoms with E-state index in [-0.39, 0.29) is 26.1 Å². The van der Waals surface area contributed by atoms with Crippen molar-refractivity contribution < 1.29 is 35.9 Å². The van der Waals surface area contributed by atoms with E-state index in [1.807, 2.05) is 0 Å². The third-order valence-corrected chi connectivity index (χ3v) is 2.84. The Bertz CT molecular complexity index is 395. The lowest BCUT2D eigenvalue weighted by molar-refractivity contribution is -0.174. The second-order valence-corrected chi connectivity index (χ2v) is 4.64. The molecule has 1 fully saturated rings. The van der Waals surface area contributed by atoms with Gasteiger partial charge in [-0.3, -0.25) is 9.59 Å². The molecule has 1 aliphatic heterocycles. The number of piperidine rings is 1. The monoisotopic (exact) mass is 321 g/mol. The molecule has 0 radical (unpaired) electrons. The molecule has 0 aliphatic carbocycles. The number of hydrogen-bond donors (Lipinski definition) is 3. The van der Waals surface area contributed by atoms with Gasteiger partial charge in [0, 0.05) is 19.1 Å². The summed E-state index contributed by atoms with van der Waals surface area (Å²) in [6, 6.07) is -0.860. The fourth-order valence-electron chi connectivity index (χ4n) is 1.90. The number of rotatable bonds is 3. The van der Waals surface area contributed by atoms with Crippen LogP contribution in [0.25, 0.3) is 0 Å². The molecular formula is C10H13F6N3O2. The van der Waals surface area contributed by atoms with Crippen LogP contribution in [0.15, 0.2) is 0 Å². The summed E-state index contributed by atoms with van der Waals surface area (Å²) in [5.74, 6) is -4.72. The Morgan fingerprint density at radius 1 is 1.00 bits per heavy atom. The van der Waals surface area contributed by atoms with Gasteiger partial charge in [-0.05, 0) is 18.9 Å². The Balaban J connectivity index is 2.43. The van der Waals surface area contributed by atoms with Crippen molar-refractivity contribution in [3.8, 4) is 0 Å². The fourth-order valence-corrected chi connectivity index (χ4v) is 1.90. The third kappa shape index (κ3) is 5.78. The highest BCUT2D eigenvalue weighted by molar-refractivity contribution is 5.82. The van der Waals surface area contributed by atoms with Crippen molar-refractivity contribution >= 4 is 11.8 Å². The van der Waals surface area contributed by atoms with Gasteiger partial charge in [-0.1, -0.05) is 0 Å². The van der Waals surface area contributed by atoms with Crippen molar-refractivity contribution in [2.75, 3.05) is 19.6 Å². The Morgan fingerprint density at radius 3 is 2.10 bits per heavy atom. The summed E-state index contributed by atoms with van der Waals surface area (Å²) >= 11 is 0. The maximum Gasteiger partial charge on any atom is 0.471 e. The van der Waals surface area contributed by atoms with Crippen molar-refractivity contribution in [2.24, 2.45) is 5.92 Å². The average molecular weight is 321 g/mol. The Labute approximate surface area is 115 Å². The lowest BCUT2D eigenvalue weighted by Gasteiger charge is -2.31. The maximum atomic E-state index is 12.1. The molecular weight excluding hydrogens is 308 g/mol. The second-order valence-electron chi connectivity index (χ2n) is 4.64. The van der Waals surface area contributed by atoms with Gasteiger partial charge in [0.05, 0.1) is 0 Å². The first-order valence-electron chi connectivity index (χ1n) is 5.93. The molecule has 0 spiro atoms. The van der Waals surface area contributed by atoms with Crippen LogP contribution in [-0.2, 0) is 9.59 Å². The van der Waals surface area contributed by atoms with Crippen LogP contribution in [0.1, 0.15) is 6.42 Å². The van der Waals surface area contributed by atoms with Crippen LogP contribution in [0.4, 0.5) is 26.3 Å². The standard InChI is InChI=1S/C10H13F6N3O2/c11-9(12,13)7(20)18-3-5-1-6(4-17-2-5)19-8(21)10(14,15)16/h5-6,17H,1-4H2,(H,18,20)(H,19,21)/t5-,6+/m1/s1. The number of hydrogen-bond acceptors (Lipinski definition) is 3. The molecule has 0 aromatic heterocycles. The van der Waals surface area contributed by atoms with E-state index in [2.05, 4.69) is 5.32 Å². The zero-order valence-corrected chi connectivity index (χ0v) is 10.6. The molecule has 2 atom stereocenters. The third-order valence-electron chi connectivity index (χ3n) is 2.84. The van der Waals surface area contributed by atoms with E-state index in [9.17, 15) is 35.9 Å². The largest absolute Gasteiger partial charge is 0.471 e. The predicted octanol–water partition coefficient (Wildman–Crippen LogP) is 0.321. The molecule has 3 N–H and O–H groups in total. The van der Waals surface area contributed by atoms with Gasteiger partial charge in [-0.2, -0.15) is 26.3 Å². The quantitative estimate of drug-likeness (QED) is 0.656. The van der Waals surface area contributed by atoms with Crippen molar-refractivity contribution in [1.29, 1.82) is 0 Å². The molecule has 0 unspecified atom stereocenters. The Kier molecular flexibility index (Phi) is 5.42. The molecule has 1 heterocycles. The summed E-state index contributed by atoms with van der Waals surface area (Å²) in [5.41, 5.74) is 0.